The fraction of sp³-hybridized carbons (Fsp3) is 0.478. The Balaban J connectivity index is 1.88. The third-order valence-corrected chi connectivity index (χ3v) is 4.55. The quantitative estimate of drug-likeness (QED) is 0.459. The van der Waals surface area contributed by atoms with Crippen molar-refractivity contribution in [2.24, 2.45) is 5.41 Å². The van der Waals surface area contributed by atoms with Crippen molar-refractivity contribution in [2.45, 2.75) is 39.9 Å². The first kappa shape index (κ1) is 20.6. The van der Waals surface area contributed by atoms with Crippen LogP contribution in [0.5, 0.6) is 0 Å². The summed E-state index contributed by atoms with van der Waals surface area (Å²) >= 11 is 0. The first-order valence-corrected chi connectivity index (χ1v) is 9.59. The van der Waals surface area contributed by atoms with Crippen molar-refractivity contribution in [1.82, 2.24) is 0 Å². The van der Waals surface area contributed by atoms with Crippen LogP contribution in [0.2, 0.25) is 0 Å². The Bertz CT molecular complexity index is 537. The van der Waals surface area contributed by atoms with Gasteiger partial charge in [0.1, 0.15) is 0 Å². The molecular weight excluding hydrogens is 324 g/mol. The Kier molecular flexibility index (Phi) is 9.40. The standard InChI is InChI=1S/C23H32O3/c1-3-15-24-18-23(4-2,19-25-16-21-11-7-5-8-12-21)20-26-17-22-13-9-6-10-14-22/h5-14H,3-4,15-20H2,1-2H3. The van der Waals surface area contributed by atoms with Crippen LogP contribution in [0.1, 0.15) is 37.8 Å². The normalized spacial score (nSPS) is 11.6. The van der Waals surface area contributed by atoms with Gasteiger partial charge in [-0.2, -0.15) is 0 Å². The van der Waals surface area contributed by atoms with Gasteiger partial charge >= 0.3 is 0 Å². The second-order valence-corrected chi connectivity index (χ2v) is 6.86. The highest BCUT2D eigenvalue weighted by Gasteiger charge is 2.29. The molecule has 26 heavy (non-hydrogen) atoms. The van der Waals surface area contributed by atoms with Crippen LogP contribution in [-0.4, -0.2) is 26.4 Å². The molecule has 0 aliphatic heterocycles. The number of hydrogen-bond acceptors (Lipinski definition) is 3. The third kappa shape index (κ3) is 7.28. The average Bonchev–Trinajstić information content (AvgIpc) is 2.69. The van der Waals surface area contributed by atoms with Gasteiger partial charge in [-0.25, -0.2) is 0 Å². The topological polar surface area (TPSA) is 27.7 Å². The Morgan fingerprint density at radius 1 is 0.654 bits per heavy atom. The van der Waals surface area contributed by atoms with Crippen LogP contribution in [0.15, 0.2) is 60.7 Å². The minimum atomic E-state index is -0.112. The Labute approximate surface area is 158 Å². The zero-order valence-electron chi connectivity index (χ0n) is 16.2. The Morgan fingerprint density at radius 2 is 1.12 bits per heavy atom. The lowest BCUT2D eigenvalue weighted by molar-refractivity contribution is -0.0784. The van der Waals surface area contributed by atoms with Gasteiger partial charge in [0.05, 0.1) is 33.0 Å². The molecule has 0 aliphatic rings. The molecule has 0 atom stereocenters. The second-order valence-electron chi connectivity index (χ2n) is 6.86. The summed E-state index contributed by atoms with van der Waals surface area (Å²) < 4.78 is 18.0. The molecule has 0 saturated heterocycles. The highest BCUT2D eigenvalue weighted by atomic mass is 16.5. The molecule has 0 heterocycles. The lowest BCUT2D eigenvalue weighted by atomic mass is 9.88. The van der Waals surface area contributed by atoms with Crippen LogP contribution >= 0.6 is 0 Å². The zero-order valence-corrected chi connectivity index (χ0v) is 16.2. The predicted octanol–water partition coefficient (Wildman–Crippen LogP) is 5.24. The zero-order chi connectivity index (χ0) is 18.5. The van der Waals surface area contributed by atoms with Gasteiger partial charge in [-0.3, -0.25) is 0 Å². The van der Waals surface area contributed by atoms with E-state index in [2.05, 4.69) is 38.1 Å². The minimum absolute atomic E-state index is 0.112. The lowest BCUT2D eigenvalue weighted by Gasteiger charge is -2.32. The van der Waals surface area contributed by atoms with Crippen molar-refractivity contribution in [3.63, 3.8) is 0 Å². The van der Waals surface area contributed by atoms with E-state index in [4.69, 9.17) is 14.2 Å². The Morgan fingerprint density at radius 3 is 1.54 bits per heavy atom. The summed E-state index contributed by atoms with van der Waals surface area (Å²) in [6.45, 7) is 8.27. The molecular formula is C23H32O3. The van der Waals surface area contributed by atoms with E-state index in [1.165, 1.54) is 11.1 Å². The third-order valence-electron chi connectivity index (χ3n) is 4.55. The molecule has 3 nitrogen and oxygen atoms in total. The minimum Gasteiger partial charge on any atom is -0.381 e. The summed E-state index contributed by atoms with van der Waals surface area (Å²) in [7, 11) is 0. The molecule has 2 rings (SSSR count). The van der Waals surface area contributed by atoms with Crippen LogP contribution in [0.25, 0.3) is 0 Å². The van der Waals surface area contributed by atoms with E-state index in [9.17, 15) is 0 Å². The molecule has 0 radical (unpaired) electrons. The molecule has 0 spiro atoms. The smallest absolute Gasteiger partial charge is 0.0717 e. The Hall–Kier alpha value is -1.68. The van der Waals surface area contributed by atoms with Gasteiger partial charge in [0.25, 0.3) is 0 Å². The second kappa shape index (κ2) is 11.8. The van der Waals surface area contributed by atoms with Crippen molar-refractivity contribution in [2.75, 3.05) is 26.4 Å². The number of rotatable bonds is 13. The van der Waals surface area contributed by atoms with E-state index in [0.717, 1.165) is 19.4 Å². The lowest BCUT2D eigenvalue weighted by Crippen LogP contribution is -2.37. The predicted molar refractivity (Wildman–Crippen MR) is 106 cm³/mol. The fourth-order valence-electron chi connectivity index (χ4n) is 2.78. The maximum absolute atomic E-state index is 6.05. The molecule has 0 amide bonds. The van der Waals surface area contributed by atoms with Crippen LogP contribution in [-0.2, 0) is 27.4 Å². The summed E-state index contributed by atoms with van der Waals surface area (Å²) in [5.74, 6) is 0. The molecule has 2 aromatic carbocycles. The van der Waals surface area contributed by atoms with E-state index < -0.39 is 0 Å². The van der Waals surface area contributed by atoms with Crippen LogP contribution in [0.3, 0.4) is 0 Å². The fourth-order valence-corrected chi connectivity index (χ4v) is 2.78. The van der Waals surface area contributed by atoms with E-state index in [1.54, 1.807) is 0 Å². The summed E-state index contributed by atoms with van der Waals surface area (Å²) in [6, 6.07) is 20.6. The number of hydrogen-bond donors (Lipinski definition) is 0. The van der Waals surface area contributed by atoms with Crippen molar-refractivity contribution in [3.05, 3.63) is 71.8 Å². The number of benzene rings is 2. The van der Waals surface area contributed by atoms with E-state index in [0.29, 0.717) is 33.0 Å². The van der Waals surface area contributed by atoms with Gasteiger partial charge in [-0.05, 0) is 24.0 Å². The molecule has 3 heteroatoms. The van der Waals surface area contributed by atoms with Crippen molar-refractivity contribution in [3.8, 4) is 0 Å². The van der Waals surface area contributed by atoms with Gasteiger partial charge in [0, 0.05) is 12.0 Å². The van der Waals surface area contributed by atoms with Gasteiger partial charge in [-0.1, -0.05) is 74.5 Å². The van der Waals surface area contributed by atoms with Gasteiger partial charge < -0.3 is 14.2 Å². The molecule has 0 aliphatic carbocycles. The molecule has 142 valence electrons. The highest BCUT2D eigenvalue weighted by molar-refractivity contribution is 5.14. The van der Waals surface area contributed by atoms with E-state index in [1.807, 2.05) is 36.4 Å². The average molecular weight is 357 g/mol. The first-order chi connectivity index (χ1) is 12.8. The molecule has 0 bridgehead atoms. The molecule has 0 aromatic heterocycles. The van der Waals surface area contributed by atoms with E-state index in [-0.39, 0.29) is 5.41 Å². The summed E-state index contributed by atoms with van der Waals surface area (Å²) in [6.07, 6.45) is 1.98. The molecule has 2 aromatic rings. The van der Waals surface area contributed by atoms with Gasteiger partial charge in [-0.15, -0.1) is 0 Å². The summed E-state index contributed by atoms with van der Waals surface area (Å²) in [5, 5.41) is 0. The van der Waals surface area contributed by atoms with E-state index >= 15 is 0 Å². The monoisotopic (exact) mass is 356 g/mol. The largest absolute Gasteiger partial charge is 0.381 e. The summed E-state index contributed by atoms with van der Waals surface area (Å²) in [4.78, 5) is 0. The molecule has 0 unspecified atom stereocenters. The van der Waals surface area contributed by atoms with Crippen molar-refractivity contribution in [1.29, 1.82) is 0 Å². The van der Waals surface area contributed by atoms with Gasteiger partial charge in [0.2, 0.25) is 0 Å². The summed E-state index contributed by atoms with van der Waals surface area (Å²) in [5.41, 5.74) is 2.27. The van der Waals surface area contributed by atoms with Crippen LogP contribution in [0.4, 0.5) is 0 Å². The maximum atomic E-state index is 6.05. The van der Waals surface area contributed by atoms with Gasteiger partial charge in [0.15, 0.2) is 0 Å². The van der Waals surface area contributed by atoms with Crippen molar-refractivity contribution < 1.29 is 14.2 Å². The molecule has 0 saturated carbocycles. The SMILES string of the molecule is CCCOCC(CC)(COCc1ccccc1)COCc1ccccc1. The maximum Gasteiger partial charge on any atom is 0.0717 e. The van der Waals surface area contributed by atoms with Crippen LogP contribution in [0, 0.1) is 5.41 Å². The van der Waals surface area contributed by atoms with Crippen LogP contribution < -0.4 is 0 Å². The van der Waals surface area contributed by atoms with Crippen molar-refractivity contribution >= 4 is 0 Å². The highest BCUT2D eigenvalue weighted by Crippen LogP contribution is 2.25. The molecule has 0 fully saturated rings. The number of ether oxygens (including phenoxy) is 3. The first-order valence-electron chi connectivity index (χ1n) is 9.59. The molecule has 0 N–H and O–H groups in total.